The normalized spacial score (nSPS) is 20.2. The number of piperidine rings is 1. The average Bonchev–Trinajstić information content (AvgIpc) is 3.49. The van der Waals surface area contributed by atoms with Crippen LogP contribution < -0.4 is 15.1 Å². The molecule has 7 heteroatoms. The molecule has 2 aromatic carbocycles. The van der Waals surface area contributed by atoms with Crippen molar-refractivity contribution >= 4 is 34.0 Å². The van der Waals surface area contributed by atoms with Crippen molar-refractivity contribution in [3.63, 3.8) is 0 Å². The molecule has 3 aliphatic rings. The molecule has 2 aliphatic heterocycles. The standard InChI is InChI=1S/C29H36N6O/c36-29(22-5-1-2-6-22)32-23-9-11-24(12-10-23)33-15-13-25(14-16-33)34-17-19-35(20-18-34)28-26-7-3-4-8-27(26)30-21-31-28/h3-4,7-12,21-22,25H,1-2,5-6,13-20H2,(H,32,36). The topological polar surface area (TPSA) is 64.6 Å². The zero-order valence-corrected chi connectivity index (χ0v) is 21.0. The van der Waals surface area contributed by atoms with Crippen LogP contribution in [0, 0.1) is 5.92 Å². The summed E-state index contributed by atoms with van der Waals surface area (Å²) < 4.78 is 0. The maximum Gasteiger partial charge on any atom is 0.227 e. The van der Waals surface area contributed by atoms with Crippen molar-refractivity contribution in [1.82, 2.24) is 14.9 Å². The average molecular weight is 485 g/mol. The number of para-hydroxylation sites is 1. The highest BCUT2D eigenvalue weighted by molar-refractivity contribution is 5.93. The van der Waals surface area contributed by atoms with E-state index in [1.807, 2.05) is 6.07 Å². The minimum Gasteiger partial charge on any atom is -0.371 e. The summed E-state index contributed by atoms with van der Waals surface area (Å²) in [6.07, 6.45) is 8.50. The number of fused-ring (bicyclic) bond motifs is 1. The second-order valence-corrected chi connectivity index (χ2v) is 10.5. The molecule has 6 rings (SSSR count). The van der Waals surface area contributed by atoms with Crippen molar-refractivity contribution in [2.24, 2.45) is 5.92 Å². The van der Waals surface area contributed by atoms with Gasteiger partial charge in [-0.2, -0.15) is 0 Å². The van der Waals surface area contributed by atoms with Crippen LogP contribution in [0.15, 0.2) is 54.9 Å². The number of anilines is 3. The van der Waals surface area contributed by atoms with Crippen LogP contribution in [0.2, 0.25) is 0 Å². The quantitative estimate of drug-likeness (QED) is 0.573. The Bertz CT molecular complexity index is 1170. The third-order valence-electron chi connectivity index (χ3n) is 8.34. The molecule has 0 atom stereocenters. The van der Waals surface area contributed by atoms with Gasteiger partial charge in [-0.3, -0.25) is 9.69 Å². The molecule has 1 aliphatic carbocycles. The van der Waals surface area contributed by atoms with Crippen LogP contribution in [-0.4, -0.2) is 66.1 Å². The van der Waals surface area contributed by atoms with Crippen LogP contribution in [0.3, 0.4) is 0 Å². The molecule has 7 nitrogen and oxygen atoms in total. The second kappa shape index (κ2) is 10.4. The first-order valence-electron chi connectivity index (χ1n) is 13.6. The predicted molar refractivity (Wildman–Crippen MR) is 146 cm³/mol. The number of nitrogens with one attached hydrogen (secondary N) is 1. The molecule has 1 amide bonds. The van der Waals surface area contributed by atoms with Gasteiger partial charge in [-0.1, -0.05) is 25.0 Å². The highest BCUT2D eigenvalue weighted by atomic mass is 16.1. The first-order chi connectivity index (χ1) is 17.7. The molecule has 0 spiro atoms. The molecule has 3 heterocycles. The number of carbonyl (C=O) groups is 1. The van der Waals surface area contributed by atoms with Gasteiger partial charge in [0.1, 0.15) is 12.1 Å². The maximum absolute atomic E-state index is 12.4. The maximum atomic E-state index is 12.4. The number of rotatable bonds is 5. The zero-order chi connectivity index (χ0) is 24.3. The summed E-state index contributed by atoms with van der Waals surface area (Å²) in [4.78, 5) is 29.0. The van der Waals surface area contributed by atoms with E-state index in [0.29, 0.717) is 6.04 Å². The Morgan fingerprint density at radius 3 is 2.25 bits per heavy atom. The monoisotopic (exact) mass is 484 g/mol. The van der Waals surface area contributed by atoms with Gasteiger partial charge in [-0.05, 0) is 62.1 Å². The molecule has 188 valence electrons. The summed E-state index contributed by atoms with van der Waals surface area (Å²) in [5.74, 6) is 1.46. The van der Waals surface area contributed by atoms with Gasteiger partial charge in [-0.25, -0.2) is 9.97 Å². The highest BCUT2D eigenvalue weighted by Crippen LogP contribution is 2.29. The molecule has 3 fully saturated rings. The molecule has 1 aromatic heterocycles. The van der Waals surface area contributed by atoms with Gasteiger partial charge in [0, 0.05) is 68.0 Å². The van der Waals surface area contributed by atoms with Crippen LogP contribution in [0.5, 0.6) is 0 Å². The lowest BCUT2D eigenvalue weighted by molar-refractivity contribution is -0.119. The predicted octanol–water partition coefficient (Wildman–Crippen LogP) is 4.55. The Kier molecular flexibility index (Phi) is 6.73. The number of piperazine rings is 1. The Morgan fingerprint density at radius 1 is 0.778 bits per heavy atom. The van der Waals surface area contributed by atoms with E-state index in [4.69, 9.17) is 0 Å². The fraction of sp³-hybridized carbons (Fsp3) is 0.483. The number of nitrogens with zero attached hydrogens (tertiary/aromatic N) is 5. The van der Waals surface area contributed by atoms with Crippen molar-refractivity contribution < 1.29 is 4.79 Å². The number of hydrogen-bond acceptors (Lipinski definition) is 6. The third kappa shape index (κ3) is 4.89. The van der Waals surface area contributed by atoms with Crippen LogP contribution in [0.1, 0.15) is 38.5 Å². The summed E-state index contributed by atoms with van der Waals surface area (Å²) in [5.41, 5.74) is 3.19. The summed E-state index contributed by atoms with van der Waals surface area (Å²) in [6, 6.07) is 17.4. The lowest BCUT2D eigenvalue weighted by atomic mass is 10.0. The Balaban J connectivity index is 0.996. The smallest absolute Gasteiger partial charge is 0.227 e. The first-order valence-corrected chi connectivity index (χ1v) is 13.6. The zero-order valence-electron chi connectivity index (χ0n) is 21.0. The van der Waals surface area contributed by atoms with E-state index in [-0.39, 0.29) is 11.8 Å². The van der Waals surface area contributed by atoms with E-state index < -0.39 is 0 Å². The van der Waals surface area contributed by atoms with E-state index in [1.54, 1.807) is 6.33 Å². The SMILES string of the molecule is O=C(Nc1ccc(N2CCC(N3CCN(c4ncnc5ccccc45)CC3)CC2)cc1)C1CCCC1. The van der Waals surface area contributed by atoms with Gasteiger partial charge in [0.05, 0.1) is 5.52 Å². The molecular formula is C29H36N6O. The highest BCUT2D eigenvalue weighted by Gasteiger charge is 2.28. The molecule has 0 unspecified atom stereocenters. The van der Waals surface area contributed by atoms with Crippen LogP contribution in [-0.2, 0) is 4.79 Å². The molecule has 0 bridgehead atoms. The van der Waals surface area contributed by atoms with Crippen LogP contribution >= 0.6 is 0 Å². The first kappa shape index (κ1) is 23.2. The minimum absolute atomic E-state index is 0.189. The lowest BCUT2D eigenvalue weighted by Crippen LogP contribution is -2.53. The van der Waals surface area contributed by atoms with E-state index in [0.717, 1.165) is 74.5 Å². The van der Waals surface area contributed by atoms with Crippen LogP contribution in [0.4, 0.5) is 17.2 Å². The fourth-order valence-corrected chi connectivity index (χ4v) is 6.22. The summed E-state index contributed by atoms with van der Waals surface area (Å²) in [6.45, 7) is 6.34. The number of carbonyl (C=O) groups excluding carboxylic acids is 1. The van der Waals surface area contributed by atoms with Gasteiger partial charge in [-0.15, -0.1) is 0 Å². The Labute approximate surface area is 213 Å². The molecule has 1 saturated carbocycles. The van der Waals surface area contributed by atoms with Gasteiger partial charge in [0.2, 0.25) is 5.91 Å². The largest absolute Gasteiger partial charge is 0.371 e. The number of hydrogen-bond donors (Lipinski definition) is 1. The lowest BCUT2D eigenvalue weighted by Gasteiger charge is -2.43. The van der Waals surface area contributed by atoms with Gasteiger partial charge < -0.3 is 15.1 Å². The van der Waals surface area contributed by atoms with E-state index >= 15 is 0 Å². The fourth-order valence-electron chi connectivity index (χ4n) is 6.22. The summed E-state index contributed by atoms with van der Waals surface area (Å²) >= 11 is 0. The Hall–Kier alpha value is -3.19. The number of benzene rings is 2. The molecule has 2 saturated heterocycles. The van der Waals surface area contributed by atoms with Crippen LogP contribution in [0.25, 0.3) is 10.9 Å². The van der Waals surface area contributed by atoms with Crippen molar-refractivity contribution in [3.05, 3.63) is 54.9 Å². The number of amides is 1. The molecule has 0 radical (unpaired) electrons. The van der Waals surface area contributed by atoms with E-state index in [1.165, 1.54) is 31.4 Å². The van der Waals surface area contributed by atoms with E-state index in [9.17, 15) is 4.79 Å². The molecule has 36 heavy (non-hydrogen) atoms. The minimum atomic E-state index is 0.189. The van der Waals surface area contributed by atoms with Gasteiger partial charge in [0.25, 0.3) is 0 Å². The second-order valence-electron chi connectivity index (χ2n) is 10.5. The molecular weight excluding hydrogens is 448 g/mol. The van der Waals surface area contributed by atoms with Crippen molar-refractivity contribution in [1.29, 1.82) is 0 Å². The van der Waals surface area contributed by atoms with E-state index in [2.05, 4.69) is 72.4 Å². The number of aromatic nitrogens is 2. The van der Waals surface area contributed by atoms with Gasteiger partial charge >= 0.3 is 0 Å². The Morgan fingerprint density at radius 2 is 1.50 bits per heavy atom. The summed E-state index contributed by atoms with van der Waals surface area (Å²) in [7, 11) is 0. The van der Waals surface area contributed by atoms with Crippen molar-refractivity contribution in [2.45, 2.75) is 44.6 Å². The van der Waals surface area contributed by atoms with Gasteiger partial charge in [0.15, 0.2) is 0 Å². The molecule has 3 aromatic rings. The van der Waals surface area contributed by atoms with Crippen molar-refractivity contribution in [2.75, 3.05) is 54.4 Å². The third-order valence-corrected chi connectivity index (χ3v) is 8.34. The molecule has 1 N–H and O–H groups in total. The van der Waals surface area contributed by atoms with Crippen molar-refractivity contribution in [3.8, 4) is 0 Å². The summed E-state index contributed by atoms with van der Waals surface area (Å²) in [5, 5.41) is 4.26.